The monoisotopic (exact) mass is 228 g/mol. The summed E-state index contributed by atoms with van der Waals surface area (Å²) < 4.78 is 23.9. The molecular weight excluding hydrogens is 216 g/mol. The van der Waals surface area contributed by atoms with Crippen LogP contribution in [0.15, 0.2) is 23.1 Å². The third-order valence-electron chi connectivity index (χ3n) is 2.56. The van der Waals surface area contributed by atoms with E-state index in [2.05, 4.69) is 0 Å². The second kappa shape index (κ2) is 3.37. The predicted octanol–water partition coefficient (Wildman–Crippen LogP) is -0.210. The van der Waals surface area contributed by atoms with Gasteiger partial charge >= 0.3 is 0 Å². The van der Waals surface area contributed by atoms with Gasteiger partial charge in [0.05, 0.1) is 17.5 Å². The van der Waals surface area contributed by atoms with Crippen LogP contribution in [0.4, 0.5) is 5.69 Å². The van der Waals surface area contributed by atoms with E-state index < -0.39 is 9.84 Å². The molecule has 1 atom stereocenters. The minimum Gasteiger partial charge on any atom is -0.398 e. The number of anilines is 1. The maximum Gasteiger partial charge on any atom is 0.250 e. The Morgan fingerprint density at radius 2 is 2.13 bits per heavy atom. The van der Waals surface area contributed by atoms with E-state index in [-0.39, 0.29) is 23.1 Å². The Bertz CT molecular complexity index is 533. The van der Waals surface area contributed by atoms with Crippen molar-refractivity contribution in [3.05, 3.63) is 28.7 Å². The minimum absolute atomic E-state index is 0.0381. The number of rotatable bonds is 1. The van der Waals surface area contributed by atoms with Crippen LogP contribution in [0.1, 0.15) is 12.5 Å². The van der Waals surface area contributed by atoms with Crippen LogP contribution in [-0.2, 0) is 9.84 Å². The number of aromatic nitrogens is 1. The molecule has 2 rings (SSSR count). The summed E-state index contributed by atoms with van der Waals surface area (Å²) in [7, 11) is -2.97. The summed E-state index contributed by atoms with van der Waals surface area (Å²) in [5, 5.41) is 0. The van der Waals surface area contributed by atoms with Gasteiger partial charge in [0.15, 0.2) is 9.84 Å². The molecule has 1 aliphatic rings. The van der Waals surface area contributed by atoms with E-state index in [1.165, 1.54) is 22.9 Å². The molecule has 0 aromatic carbocycles. The maximum atomic E-state index is 11.5. The number of nitrogens with zero attached hydrogens (tertiary/aromatic N) is 1. The molecule has 82 valence electrons. The second-order valence-corrected chi connectivity index (χ2v) is 5.99. The van der Waals surface area contributed by atoms with Crippen LogP contribution in [0.25, 0.3) is 0 Å². The van der Waals surface area contributed by atoms with Crippen LogP contribution in [0.2, 0.25) is 0 Å². The lowest BCUT2D eigenvalue weighted by Gasteiger charge is -2.11. The van der Waals surface area contributed by atoms with E-state index in [9.17, 15) is 13.2 Å². The molecule has 0 aliphatic carbocycles. The molecule has 2 heterocycles. The van der Waals surface area contributed by atoms with E-state index in [0.717, 1.165) is 0 Å². The molecule has 0 radical (unpaired) electrons. The van der Waals surface area contributed by atoms with Gasteiger partial charge in [-0.2, -0.15) is 0 Å². The molecule has 0 bridgehead atoms. The van der Waals surface area contributed by atoms with Gasteiger partial charge in [-0.15, -0.1) is 0 Å². The molecule has 0 amide bonds. The Kier molecular flexibility index (Phi) is 2.30. The van der Waals surface area contributed by atoms with E-state index in [0.29, 0.717) is 12.1 Å². The fraction of sp³-hybridized carbons (Fsp3) is 0.444. The van der Waals surface area contributed by atoms with Gasteiger partial charge < -0.3 is 10.3 Å². The van der Waals surface area contributed by atoms with Crippen molar-refractivity contribution in [2.24, 2.45) is 0 Å². The van der Waals surface area contributed by atoms with E-state index in [4.69, 9.17) is 5.73 Å². The van der Waals surface area contributed by atoms with Gasteiger partial charge in [0.2, 0.25) is 0 Å². The maximum absolute atomic E-state index is 11.5. The summed E-state index contributed by atoms with van der Waals surface area (Å²) in [6, 6.07) is 2.62. The standard InChI is InChI=1S/C9H12N2O3S/c10-7-1-2-9(12)11(5-7)8-3-4-15(13,14)6-8/h1-2,5,8H,3-4,6,10H2. The summed E-state index contributed by atoms with van der Waals surface area (Å²) in [5.41, 5.74) is 5.82. The number of pyridine rings is 1. The molecule has 1 aliphatic heterocycles. The van der Waals surface area contributed by atoms with Gasteiger partial charge in [-0.3, -0.25) is 4.79 Å². The van der Waals surface area contributed by atoms with Crippen molar-refractivity contribution in [2.75, 3.05) is 17.2 Å². The minimum atomic E-state index is -2.97. The van der Waals surface area contributed by atoms with Crippen LogP contribution < -0.4 is 11.3 Å². The van der Waals surface area contributed by atoms with Crippen molar-refractivity contribution in [1.82, 2.24) is 4.57 Å². The lowest BCUT2D eigenvalue weighted by Crippen LogP contribution is -2.24. The Hall–Kier alpha value is -1.30. The molecule has 0 spiro atoms. The van der Waals surface area contributed by atoms with Crippen LogP contribution in [0.3, 0.4) is 0 Å². The molecule has 1 unspecified atom stereocenters. The van der Waals surface area contributed by atoms with Gasteiger partial charge in [-0.05, 0) is 12.5 Å². The molecular formula is C9H12N2O3S. The van der Waals surface area contributed by atoms with Gasteiger partial charge in [0, 0.05) is 18.0 Å². The number of sulfone groups is 1. The van der Waals surface area contributed by atoms with Gasteiger partial charge in [-0.25, -0.2) is 8.42 Å². The van der Waals surface area contributed by atoms with Crippen molar-refractivity contribution in [1.29, 1.82) is 0 Å². The summed E-state index contributed by atoms with van der Waals surface area (Å²) in [6.45, 7) is 0. The highest BCUT2D eigenvalue weighted by molar-refractivity contribution is 7.91. The zero-order chi connectivity index (χ0) is 11.1. The largest absolute Gasteiger partial charge is 0.398 e. The van der Waals surface area contributed by atoms with Crippen molar-refractivity contribution < 1.29 is 8.42 Å². The summed E-state index contributed by atoms with van der Waals surface area (Å²) >= 11 is 0. The Labute approximate surface area is 87.4 Å². The third-order valence-corrected chi connectivity index (χ3v) is 4.31. The SMILES string of the molecule is Nc1ccc(=O)n(C2CCS(=O)(=O)C2)c1. The number of nitrogens with two attached hydrogens (primary N) is 1. The lowest BCUT2D eigenvalue weighted by atomic mass is 10.2. The normalized spacial score (nSPS) is 24.1. The quantitative estimate of drug-likeness (QED) is 0.721. The highest BCUT2D eigenvalue weighted by atomic mass is 32.2. The van der Waals surface area contributed by atoms with Crippen molar-refractivity contribution in [3.8, 4) is 0 Å². The van der Waals surface area contributed by atoms with Crippen molar-refractivity contribution in [3.63, 3.8) is 0 Å². The first kappa shape index (κ1) is 10.2. The van der Waals surface area contributed by atoms with E-state index in [1.807, 2.05) is 0 Å². The number of hydrogen-bond acceptors (Lipinski definition) is 4. The summed E-state index contributed by atoms with van der Waals surface area (Å²) in [4.78, 5) is 11.5. The van der Waals surface area contributed by atoms with Crippen molar-refractivity contribution >= 4 is 15.5 Å². The Balaban J connectivity index is 2.39. The zero-order valence-corrected chi connectivity index (χ0v) is 8.90. The van der Waals surface area contributed by atoms with Crippen LogP contribution >= 0.6 is 0 Å². The molecule has 2 N–H and O–H groups in total. The fourth-order valence-corrected chi connectivity index (χ4v) is 3.51. The first-order valence-electron chi connectivity index (χ1n) is 4.66. The molecule has 0 saturated carbocycles. The number of hydrogen-bond donors (Lipinski definition) is 1. The predicted molar refractivity (Wildman–Crippen MR) is 57.4 cm³/mol. The van der Waals surface area contributed by atoms with E-state index >= 15 is 0 Å². The lowest BCUT2D eigenvalue weighted by molar-refractivity contribution is 0.539. The zero-order valence-electron chi connectivity index (χ0n) is 8.09. The Morgan fingerprint density at radius 3 is 2.73 bits per heavy atom. The van der Waals surface area contributed by atoms with Gasteiger partial charge in [-0.1, -0.05) is 0 Å². The molecule has 1 aromatic heterocycles. The van der Waals surface area contributed by atoms with Crippen molar-refractivity contribution in [2.45, 2.75) is 12.5 Å². The average Bonchev–Trinajstić information content (AvgIpc) is 2.50. The van der Waals surface area contributed by atoms with E-state index in [1.54, 1.807) is 0 Å². The van der Waals surface area contributed by atoms with Crippen LogP contribution in [0, 0.1) is 0 Å². The third kappa shape index (κ3) is 2.04. The topological polar surface area (TPSA) is 82.2 Å². The first-order chi connectivity index (χ1) is 6.98. The Morgan fingerprint density at radius 1 is 1.40 bits per heavy atom. The fourth-order valence-electron chi connectivity index (χ4n) is 1.80. The highest BCUT2D eigenvalue weighted by Gasteiger charge is 2.29. The second-order valence-electron chi connectivity index (χ2n) is 3.76. The molecule has 1 saturated heterocycles. The highest BCUT2D eigenvalue weighted by Crippen LogP contribution is 2.22. The van der Waals surface area contributed by atoms with Gasteiger partial charge in [0.1, 0.15) is 0 Å². The molecule has 6 heteroatoms. The van der Waals surface area contributed by atoms with Crippen LogP contribution in [-0.4, -0.2) is 24.5 Å². The molecule has 1 fully saturated rings. The van der Waals surface area contributed by atoms with Crippen LogP contribution in [0.5, 0.6) is 0 Å². The molecule has 5 nitrogen and oxygen atoms in total. The number of nitrogen functional groups attached to an aromatic ring is 1. The average molecular weight is 228 g/mol. The molecule has 1 aromatic rings. The molecule has 15 heavy (non-hydrogen) atoms. The summed E-state index contributed by atoms with van der Waals surface area (Å²) in [5.74, 6) is 0.190. The van der Waals surface area contributed by atoms with Gasteiger partial charge in [0.25, 0.3) is 5.56 Å². The smallest absolute Gasteiger partial charge is 0.250 e. The summed E-state index contributed by atoms with van der Waals surface area (Å²) in [6.07, 6.45) is 2.00. The first-order valence-corrected chi connectivity index (χ1v) is 6.48.